The molecule has 4 heteroatoms. The second kappa shape index (κ2) is 5.91. The summed E-state index contributed by atoms with van der Waals surface area (Å²) in [6.07, 6.45) is 3.51. The number of halogens is 1. The molecule has 2 rings (SSSR count). The van der Waals surface area contributed by atoms with E-state index in [2.05, 4.69) is 11.4 Å². The van der Waals surface area contributed by atoms with Crippen LogP contribution in [-0.2, 0) is 6.42 Å². The van der Waals surface area contributed by atoms with Gasteiger partial charge in [0.05, 0.1) is 12.1 Å². The van der Waals surface area contributed by atoms with Gasteiger partial charge in [0.25, 0.3) is 0 Å². The summed E-state index contributed by atoms with van der Waals surface area (Å²) in [5.41, 5.74) is 7.37. The highest BCUT2D eigenvalue weighted by atomic mass is 35.5. The Balaban J connectivity index is 1.75. The minimum Gasteiger partial charge on any atom is -0.495 e. The molecule has 0 heterocycles. The van der Waals surface area contributed by atoms with Crippen LogP contribution in [0.3, 0.4) is 0 Å². The van der Waals surface area contributed by atoms with Crippen molar-refractivity contribution < 1.29 is 4.74 Å². The van der Waals surface area contributed by atoms with E-state index in [0.717, 1.165) is 31.8 Å². The molecule has 0 unspecified atom stereocenters. The standard InChI is InChI=1S/C14H21ClN2O/c1-18-13-3-2-11(8-12(13)15)4-7-17-10-14(9-16)5-6-14/h2-3,8,17H,4-7,9-10,16H2,1H3. The zero-order valence-corrected chi connectivity index (χ0v) is 11.6. The molecule has 3 nitrogen and oxygen atoms in total. The van der Waals surface area contributed by atoms with Gasteiger partial charge in [-0.05, 0) is 55.5 Å². The normalized spacial score (nSPS) is 16.6. The first-order valence-electron chi connectivity index (χ1n) is 6.42. The van der Waals surface area contributed by atoms with Gasteiger partial charge in [0.15, 0.2) is 0 Å². The van der Waals surface area contributed by atoms with Crippen LogP contribution in [-0.4, -0.2) is 26.7 Å². The third kappa shape index (κ3) is 3.37. The summed E-state index contributed by atoms with van der Waals surface area (Å²) in [6.45, 7) is 2.80. The molecule has 0 saturated heterocycles. The molecule has 3 N–H and O–H groups in total. The van der Waals surface area contributed by atoms with Gasteiger partial charge < -0.3 is 15.8 Å². The highest BCUT2D eigenvalue weighted by Gasteiger charge is 2.40. The van der Waals surface area contributed by atoms with Gasteiger partial charge in [-0.1, -0.05) is 17.7 Å². The molecule has 100 valence electrons. The molecule has 1 aromatic rings. The number of hydrogen-bond acceptors (Lipinski definition) is 3. The summed E-state index contributed by atoms with van der Waals surface area (Å²) >= 11 is 6.09. The molecule has 18 heavy (non-hydrogen) atoms. The number of nitrogens with two attached hydrogens (primary N) is 1. The number of methoxy groups -OCH3 is 1. The Kier molecular flexibility index (Phi) is 4.49. The second-order valence-corrected chi connectivity index (χ2v) is 5.51. The number of benzene rings is 1. The highest BCUT2D eigenvalue weighted by molar-refractivity contribution is 6.32. The Hall–Kier alpha value is -0.770. The van der Waals surface area contributed by atoms with E-state index in [1.54, 1.807) is 7.11 Å². The van der Waals surface area contributed by atoms with Crippen molar-refractivity contribution in [3.63, 3.8) is 0 Å². The first-order valence-corrected chi connectivity index (χ1v) is 6.80. The summed E-state index contributed by atoms with van der Waals surface area (Å²) in [4.78, 5) is 0. The second-order valence-electron chi connectivity index (χ2n) is 5.10. The average molecular weight is 269 g/mol. The van der Waals surface area contributed by atoms with Crippen molar-refractivity contribution in [3.05, 3.63) is 28.8 Å². The summed E-state index contributed by atoms with van der Waals surface area (Å²) in [5.74, 6) is 0.730. The zero-order valence-electron chi connectivity index (χ0n) is 10.8. The molecule has 1 aromatic carbocycles. The number of hydrogen-bond donors (Lipinski definition) is 2. The number of rotatable bonds is 7. The van der Waals surface area contributed by atoms with Gasteiger partial charge in [0.1, 0.15) is 5.75 Å². The largest absolute Gasteiger partial charge is 0.495 e. The topological polar surface area (TPSA) is 47.3 Å². The Morgan fingerprint density at radius 3 is 2.78 bits per heavy atom. The summed E-state index contributed by atoms with van der Waals surface area (Å²) in [5, 5.41) is 4.16. The van der Waals surface area contributed by atoms with E-state index in [9.17, 15) is 0 Å². The molecule has 1 aliphatic carbocycles. The minimum absolute atomic E-state index is 0.400. The molecule has 0 amide bonds. The summed E-state index contributed by atoms with van der Waals surface area (Å²) in [7, 11) is 1.63. The third-order valence-corrected chi connectivity index (χ3v) is 3.99. The van der Waals surface area contributed by atoms with Crippen LogP contribution < -0.4 is 15.8 Å². The van der Waals surface area contributed by atoms with E-state index < -0.39 is 0 Å². The van der Waals surface area contributed by atoms with Crippen molar-refractivity contribution >= 4 is 11.6 Å². The Morgan fingerprint density at radius 2 is 2.22 bits per heavy atom. The van der Waals surface area contributed by atoms with E-state index in [-0.39, 0.29) is 0 Å². The first-order chi connectivity index (χ1) is 8.69. The molecular weight excluding hydrogens is 248 g/mol. The maximum Gasteiger partial charge on any atom is 0.137 e. The predicted octanol–water partition coefficient (Wildman–Crippen LogP) is 2.22. The van der Waals surface area contributed by atoms with Crippen LogP contribution in [0.25, 0.3) is 0 Å². The van der Waals surface area contributed by atoms with Crippen molar-refractivity contribution in [1.29, 1.82) is 0 Å². The smallest absolute Gasteiger partial charge is 0.137 e. The monoisotopic (exact) mass is 268 g/mol. The van der Waals surface area contributed by atoms with Gasteiger partial charge >= 0.3 is 0 Å². The highest BCUT2D eigenvalue weighted by Crippen LogP contribution is 2.43. The summed E-state index contributed by atoms with van der Waals surface area (Å²) in [6, 6.07) is 5.94. The van der Waals surface area contributed by atoms with Crippen molar-refractivity contribution in [2.45, 2.75) is 19.3 Å². The molecule has 0 atom stereocenters. The predicted molar refractivity (Wildman–Crippen MR) is 75.3 cm³/mol. The maximum absolute atomic E-state index is 6.09. The zero-order chi connectivity index (χ0) is 13.0. The molecular formula is C14H21ClN2O. The minimum atomic E-state index is 0.400. The Bertz CT molecular complexity index is 405. The van der Waals surface area contributed by atoms with Crippen LogP contribution in [0.5, 0.6) is 5.75 Å². The lowest BCUT2D eigenvalue weighted by Crippen LogP contribution is -2.30. The van der Waals surface area contributed by atoms with Gasteiger partial charge in [-0.2, -0.15) is 0 Å². The quantitative estimate of drug-likeness (QED) is 0.746. The van der Waals surface area contributed by atoms with E-state index in [1.165, 1.54) is 18.4 Å². The Labute approximate surface area is 114 Å². The van der Waals surface area contributed by atoms with Gasteiger partial charge in [0, 0.05) is 6.54 Å². The van der Waals surface area contributed by atoms with E-state index in [1.807, 2.05) is 12.1 Å². The number of nitrogens with one attached hydrogen (secondary N) is 1. The fourth-order valence-electron chi connectivity index (χ4n) is 2.08. The average Bonchev–Trinajstić information content (AvgIpc) is 3.16. The SMILES string of the molecule is COc1ccc(CCNCC2(CN)CC2)cc1Cl. The van der Waals surface area contributed by atoms with Crippen molar-refractivity contribution in [2.75, 3.05) is 26.7 Å². The van der Waals surface area contributed by atoms with Crippen molar-refractivity contribution in [2.24, 2.45) is 11.1 Å². The van der Waals surface area contributed by atoms with E-state index in [4.69, 9.17) is 22.1 Å². The molecule has 0 aromatic heterocycles. The first kappa shape index (κ1) is 13.7. The molecule has 1 saturated carbocycles. The van der Waals surface area contributed by atoms with Crippen LogP contribution >= 0.6 is 11.6 Å². The third-order valence-electron chi connectivity index (χ3n) is 3.70. The molecule has 0 radical (unpaired) electrons. The molecule has 0 bridgehead atoms. The lowest BCUT2D eigenvalue weighted by atomic mass is 10.1. The molecule has 1 fully saturated rings. The van der Waals surface area contributed by atoms with Crippen molar-refractivity contribution in [1.82, 2.24) is 5.32 Å². The van der Waals surface area contributed by atoms with Gasteiger partial charge in [-0.25, -0.2) is 0 Å². The van der Waals surface area contributed by atoms with Crippen LogP contribution in [0.15, 0.2) is 18.2 Å². The fraction of sp³-hybridized carbons (Fsp3) is 0.571. The lowest BCUT2D eigenvalue weighted by molar-refractivity contribution is 0.415. The Morgan fingerprint density at radius 1 is 1.44 bits per heavy atom. The van der Waals surface area contributed by atoms with Crippen LogP contribution in [0.1, 0.15) is 18.4 Å². The maximum atomic E-state index is 6.09. The number of ether oxygens (including phenoxy) is 1. The van der Waals surface area contributed by atoms with Crippen LogP contribution in [0.2, 0.25) is 5.02 Å². The van der Waals surface area contributed by atoms with E-state index in [0.29, 0.717) is 10.4 Å². The van der Waals surface area contributed by atoms with E-state index >= 15 is 0 Å². The van der Waals surface area contributed by atoms with Gasteiger partial charge in [-0.15, -0.1) is 0 Å². The van der Waals surface area contributed by atoms with Crippen molar-refractivity contribution in [3.8, 4) is 5.75 Å². The molecule has 1 aliphatic rings. The fourth-order valence-corrected chi connectivity index (χ4v) is 2.36. The molecule has 0 spiro atoms. The lowest BCUT2D eigenvalue weighted by Gasteiger charge is -2.13. The van der Waals surface area contributed by atoms with Gasteiger partial charge in [-0.3, -0.25) is 0 Å². The van der Waals surface area contributed by atoms with Gasteiger partial charge in [0.2, 0.25) is 0 Å². The summed E-state index contributed by atoms with van der Waals surface area (Å²) < 4.78 is 5.13. The van der Waals surface area contributed by atoms with Crippen LogP contribution in [0, 0.1) is 5.41 Å². The van der Waals surface area contributed by atoms with Crippen LogP contribution in [0.4, 0.5) is 0 Å². The molecule has 0 aliphatic heterocycles.